The second-order valence-corrected chi connectivity index (χ2v) is 5.72. The van der Waals surface area contributed by atoms with Gasteiger partial charge < -0.3 is 5.32 Å². The van der Waals surface area contributed by atoms with Gasteiger partial charge in [-0.15, -0.1) is 0 Å². The van der Waals surface area contributed by atoms with Crippen LogP contribution in [0.4, 0.5) is 11.4 Å². The van der Waals surface area contributed by atoms with Gasteiger partial charge in [-0.3, -0.25) is 15.1 Å². The van der Waals surface area contributed by atoms with Crippen molar-refractivity contribution in [3.8, 4) is 0 Å². The summed E-state index contributed by atoms with van der Waals surface area (Å²) in [5, 5.41) is 15.4. The third-order valence-corrected chi connectivity index (χ3v) is 4.11. The van der Waals surface area contributed by atoms with Gasteiger partial charge in [-0.05, 0) is 43.0 Å². The van der Waals surface area contributed by atoms with Crippen molar-refractivity contribution in [2.24, 2.45) is 5.92 Å². The fraction of sp³-hybridized carbons (Fsp3) is 0.438. The Labute approximate surface area is 123 Å². The Morgan fingerprint density at radius 2 is 2.24 bits per heavy atom. The Balaban J connectivity index is 1.96. The van der Waals surface area contributed by atoms with Crippen LogP contribution in [-0.4, -0.2) is 15.9 Å². The summed E-state index contributed by atoms with van der Waals surface area (Å²) in [6.07, 6.45) is 6.31. The molecule has 1 unspecified atom stereocenters. The number of nitrogens with one attached hydrogen (secondary N) is 1. The van der Waals surface area contributed by atoms with Gasteiger partial charge in [0.1, 0.15) is 5.69 Å². The highest BCUT2D eigenvalue weighted by atomic mass is 16.6. The normalized spacial score (nSPS) is 15.9. The highest BCUT2D eigenvalue weighted by molar-refractivity contribution is 5.94. The average Bonchev–Trinajstić information content (AvgIpc) is 3.29. The van der Waals surface area contributed by atoms with Crippen molar-refractivity contribution in [1.82, 2.24) is 4.98 Å². The molecule has 1 heterocycles. The molecule has 110 valence electrons. The third-order valence-electron chi connectivity index (χ3n) is 4.11. The zero-order valence-corrected chi connectivity index (χ0v) is 12.1. The fourth-order valence-electron chi connectivity index (χ4n) is 2.75. The van der Waals surface area contributed by atoms with E-state index in [2.05, 4.69) is 17.2 Å². The van der Waals surface area contributed by atoms with Crippen molar-refractivity contribution in [2.45, 2.75) is 38.6 Å². The van der Waals surface area contributed by atoms with Crippen LogP contribution in [0.25, 0.3) is 10.9 Å². The lowest BCUT2D eigenvalue weighted by Crippen LogP contribution is -2.19. The minimum atomic E-state index is -0.309. The standard InChI is InChI=1S/C16H19N3O2/c1-2-12(10-11-5-6-11)18-15-8-7-14-13(4-3-9-17-14)16(15)19(20)21/h3-4,7-9,11-12,18H,2,5-6,10H2,1H3. The van der Waals surface area contributed by atoms with Gasteiger partial charge in [-0.2, -0.15) is 0 Å². The monoisotopic (exact) mass is 285 g/mol. The molecule has 1 aliphatic rings. The summed E-state index contributed by atoms with van der Waals surface area (Å²) in [7, 11) is 0. The number of aromatic nitrogens is 1. The number of nitro benzene ring substituents is 1. The first-order valence-electron chi connectivity index (χ1n) is 7.47. The molecule has 0 spiro atoms. The maximum absolute atomic E-state index is 11.5. The fourth-order valence-corrected chi connectivity index (χ4v) is 2.75. The van der Waals surface area contributed by atoms with E-state index in [-0.39, 0.29) is 10.6 Å². The van der Waals surface area contributed by atoms with Crippen LogP contribution >= 0.6 is 0 Å². The van der Waals surface area contributed by atoms with Crippen LogP contribution in [0.1, 0.15) is 32.6 Å². The van der Waals surface area contributed by atoms with Crippen LogP contribution in [0.3, 0.4) is 0 Å². The molecule has 1 aromatic heterocycles. The summed E-state index contributed by atoms with van der Waals surface area (Å²) < 4.78 is 0. The molecule has 3 rings (SSSR count). The maximum atomic E-state index is 11.5. The quantitative estimate of drug-likeness (QED) is 0.640. The molecule has 1 N–H and O–H groups in total. The summed E-state index contributed by atoms with van der Waals surface area (Å²) in [6, 6.07) is 7.41. The van der Waals surface area contributed by atoms with E-state index in [4.69, 9.17) is 0 Å². The number of nitro groups is 1. The SMILES string of the molecule is CCC(CC1CC1)Nc1ccc2ncccc2c1[N+](=O)[O-]. The van der Waals surface area contributed by atoms with Gasteiger partial charge in [0, 0.05) is 12.2 Å². The summed E-state index contributed by atoms with van der Waals surface area (Å²) in [6.45, 7) is 2.12. The third kappa shape index (κ3) is 2.96. The highest BCUT2D eigenvalue weighted by Crippen LogP contribution is 2.37. The number of hydrogen-bond donors (Lipinski definition) is 1. The number of fused-ring (bicyclic) bond motifs is 1. The Hall–Kier alpha value is -2.17. The van der Waals surface area contributed by atoms with E-state index >= 15 is 0 Å². The first kappa shape index (κ1) is 13.8. The van der Waals surface area contributed by atoms with Crippen molar-refractivity contribution < 1.29 is 4.92 Å². The van der Waals surface area contributed by atoms with Crippen molar-refractivity contribution >= 4 is 22.3 Å². The molecule has 1 atom stereocenters. The molecule has 0 amide bonds. The van der Waals surface area contributed by atoms with E-state index < -0.39 is 0 Å². The van der Waals surface area contributed by atoms with Crippen molar-refractivity contribution in [3.05, 3.63) is 40.6 Å². The molecule has 0 aliphatic heterocycles. The van der Waals surface area contributed by atoms with Crippen LogP contribution in [0.2, 0.25) is 0 Å². The molecule has 21 heavy (non-hydrogen) atoms. The second-order valence-electron chi connectivity index (χ2n) is 5.72. The van der Waals surface area contributed by atoms with Gasteiger partial charge in [0.15, 0.2) is 0 Å². The molecule has 0 radical (unpaired) electrons. The lowest BCUT2D eigenvalue weighted by Gasteiger charge is -2.18. The minimum absolute atomic E-state index is 0.134. The highest BCUT2D eigenvalue weighted by Gasteiger charge is 2.26. The van der Waals surface area contributed by atoms with Crippen molar-refractivity contribution in [2.75, 3.05) is 5.32 Å². The zero-order chi connectivity index (χ0) is 14.8. The Morgan fingerprint density at radius 3 is 2.90 bits per heavy atom. The predicted octanol–water partition coefficient (Wildman–Crippen LogP) is 4.13. The van der Waals surface area contributed by atoms with Gasteiger partial charge in [-0.25, -0.2) is 0 Å². The summed E-state index contributed by atoms with van der Waals surface area (Å²) >= 11 is 0. The molecule has 2 aromatic rings. The largest absolute Gasteiger partial charge is 0.377 e. The second kappa shape index (κ2) is 5.68. The van der Waals surface area contributed by atoms with E-state index in [0.717, 1.165) is 18.8 Å². The first-order chi connectivity index (χ1) is 10.2. The molecule has 5 heteroatoms. The lowest BCUT2D eigenvalue weighted by atomic mass is 10.1. The van der Waals surface area contributed by atoms with Crippen molar-refractivity contribution in [1.29, 1.82) is 0 Å². The Kier molecular flexibility index (Phi) is 3.73. The van der Waals surface area contributed by atoms with Crippen LogP contribution in [0.5, 0.6) is 0 Å². The Morgan fingerprint density at radius 1 is 1.43 bits per heavy atom. The Bertz CT molecular complexity index is 668. The van der Waals surface area contributed by atoms with Gasteiger partial charge in [0.05, 0.1) is 15.8 Å². The molecule has 1 saturated carbocycles. The first-order valence-corrected chi connectivity index (χ1v) is 7.47. The lowest BCUT2D eigenvalue weighted by molar-refractivity contribution is -0.382. The van der Waals surface area contributed by atoms with Crippen molar-refractivity contribution in [3.63, 3.8) is 0 Å². The van der Waals surface area contributed by atoms with Crippen LogP contribution in [-0.2, 0) is 0 Å². The number of anilines is 1. The van der Waals surface area contributed by atoms with Gasteiger partial charge in [-0.1, -0.05) is 19.8 Å². The number of nitrogens with zero attached hydrogens (tertiary/aromatic N) is 2. The minimum Gasteiger partial charge on any atom is -0.377 e. The summed E-state index contributed by atoms with van der Waals surface area (Å²) in [5.74, 6) is 0.795. The van der Waals surface area contributed by atoms with Crippen LogP contribution in [0.15, 0.2) is 30.5 Å². The number of rotatable bonds is 6. The van der Waals surface area contributed by atoms with Gasteiger partial charge >= 0.3 is 5.69 Å². The van der Waals surface area contributed by atoms with Crippen LogP contribution in [0, 0.1) is 16.0 Å². The van der Waals surface area contributed by atoms with E-state index in [1.165, 1.54) is 12.8 Å². The molecular weight excluding hydrogens is 266 g/mol. The number of hydrogen-bond acceptors (Lipinski definition) is 4. The smallest absolute Gasteiger partial charge is 0.301 e. The average molecular weight is 285 g/mol. The molecule has 5 nitrogen and oxygen atoms in total. The summed E-state index contributed by atoms with van der Waals surface area (Å²) in [4.78, 5) is 15.4. The van der Waals surface area contributed by atoms with Gasteiger partial charge in [0.2, 0.25) is 0 Å². The van der Waals surface area contributed by atoms with E-state index in [1.807, 2.05) is 6.07 Å². The molecule has 1 aromatic carbocycles. The number of benzene rings is 1. The van der Waals surface area contributed by atoms with Gasteiger partial charge in [0.25, 0.3) is 0 Å². The summed E-state index contributed by atoms with van der Waals surface area (Å²) in [5.41, 5.74) is 1.40. The molecule has 0 saturated heterocycles. The predicted molar refractivity (Wildman–Crippen MR) is 83.4 cm³/mol. The molecule has 1 aliphatic carbocycles. The van der Waals surface area contributed by atoms with Crippen LogP contribution < -0.4 is 5.32 Å². The van der Waals surface area contributed by atoms with E-state index in [0.29, 0.717) is 22.6 Å². The van der Waals surface area contributed by atoms with E-state index in [9.17, 15) is 10.1 Å². The zero-order valence-electron chi connectivity index (χ0n) is 12.1. The molecular formula is C16H19N3O2. The topological polar surface area (TPSA) is 68.1 Å². The number of pyridine rings is 1. The maximum Gasteiger partial charge on any atom is 0.301 e. The van der Waals surface area contributed by atoms with E-state index in [1.54, 1.807) is 24.4 Å². The molecule has 0 bridgehead atoms. The molecule has 1 fully saturated rings.